The normalized spacial score (nSPS) is 11.0. The molecule has 0 fully saturated rings. The van der Waals surface area contributed by atoms with E-state index in [0.717, 1.165) is 0 Å². The largest absolute Gasteiger partial charge is 0.462 e. The summed E-state index contributed by atoms with van der Waals surface area (Å²) in [6.07, 6.45) is 1.87. The molecule has 1 aliphatic carbocycles. The average Bonchev–Trinajstić information content (AvgIpc) is 1.95. The van der Waals surface area contributed by atoms with Gasteiger partial charge < -0.3 is 4.74 Å². The minimum absolute atomic E-state index is 0.318. The molecule has 0 bridgehead atoms. The van der Waals surface area contributed by atoms with Crippen LogP contribution in [0.1, 0.15) is 20.8 Å². The first-order valence-electron chi connectivity index (χ1n) is 4.11. The summed E-state index contributed by atoms with van der Waals surface area (Å²) < 4.78 is 4.55. The quantitative estimate of drug-likeness (QED) is 0.629. The number of carbonyl (C=O) groups is 1. The van der Waals surface area contributed by atoms with E-state index in [9.17, 15) is 4.79 Å². The van der Waals surface area contributed by atoms with Crippen molar-refractivity contribution in [3.63, 3.8) is 0 Å². The zero-order chi connectivity index (χ0) is 9.90. The van der Waals surface area contributed by atoms with Crippen LogP contribution in [-0.4, -0.2) is 17.1 Å². The third-order valence-corrected chi connectivity index (χ3v) is 1.46. The van der Waals surface area contributed by atoms with Crippen LogP contribution in [-0.2, 0) is 9.53 Å². The summed E-state index contributed by atoms with van der Waals surface area (Å²) in [5.41, 5.74) is 2.17. The Morgan fingerprint density at radius 2 is 2.00 bits per heavy atom. The summed E-state index contributed by atoms with van der Waals surface area (Å²) in [4.78, 5) is 13.5. The predicted octanol–water partition coefficient (Wildman–Crippen LogP) is 2.02. The second kappa shape index (κ2) is 3.56. The Balaban J connectivity index is 0.000000130. The van der Waals surface area contributed by atoms with Crippen LogP contribution in [0.4, 0.5) is 0 Å². The van der Waals surface area contributed by atoms with Gasteiger partial charge in [-0.3, -0.25) is 9.78 Å². The Labute approximate surface area is 77.8 Å². The van der Waals surface area contributed by atoms with Crippen LogP contribution in [0.3, 0.4) is 0 Å². The first-order valence-corrected chi connectivity index (χ1v) is 4.11. The zero-order valence-corrected chi connectivity index (χ0v) is 8.07. The molecule has 0 atom stereocenters. The van der Waals surface area contributed by atoms with Crippen LogP contribution in [0, 0.1) is 0 Å². The summed E-state index contributed by atoms with van der Waals surface area (Å²) in [6, 6.07) is 4.07. The molecular formula is C10H13NO2. The first-order chi connectivity index (χ1) is 6.03. The van der Waals surface area contributed by atoms with Gasteiger partial charge >= 0.3 is 0 Å². The van der Waals surface area contributed by atoms with E-state index in [-0.39, 0.29) is 5.60 Å². The molecule has 0 aromatic heterocycles. The summed E-state index contributed by atoms with van der Waals surface area (Å²) in [5, 5.41) is 0. The van der Waals surface area contributed by atoms with Gasteiger partial charge in [-0.15, -0.1) is 0 Å². The highest BCUT2D eigenvalue weighted by molar-refractivity contribution is 5.68. The number of aromatic nitrogens is 1. The van der Waals surface area contributed by atoms with Crippen molar-refractivity contribution in [3.8, 4) is 11.3 Å². The fourth-order valence-electron chi connectivity index (χ4n) is 0.698. The highest BCUT2D eigenvalue weighted by Crippen LogP contribution is 2.25. The lowest BCUT2D eigenvalue weighted by Gasteiger charge is -2.14. The minimum atomic E-state index is -0.318. The van der Waals surface area contributed by atoms with Gasteiger partial charge in [-0.1, -0.05) is 0 Å². The smallest absolute Gasteiger partial charge is 0.293 e. The van der Waals surface area contributed by atoms with E-state index in [1.807, 2.05) is 33.0 Å². The second-order valence-electron chi connectivity index (χ2n) is 3.76. The summed E-state index contributed by atoms with van der Waals surface area (Å²) in [7, 11) is 0. The lowest BCUT2D eigenvalue weighted by molar-refractivity contribution is -0.138. The van der Waals surface area contributed by atoms with Crippen molar-refractivity contribution < 1.29 is 9.53 Å². The molecule has 70 valence electrons. The molecule has 2 rings (SSSR count). The molecule has 0 unspecified atom stereocenters. The lowest BCUT2D eigenvalue weighted by atomic mass is 10.1. The van der Waals surface area contributed by atoms with Crippen LogP contribution in [0.15, 0.2) is 18.3 Å². The molecule has 0 amide bonds. The van der Waals surface area contributed by atoms with Crippen molar-refractivity contribution in [3.05, 3.63) is 18.3 Å². The van der Waals surface area contributed by atoms with Gasteiger partial charge in [0.15, 0.2) is 0 Å². The molecule has 0 radical (unpaired) electrons. The summed E-state index contributed by atoms with van der Waals surface area (Å²) in [5.74, 6) is 0. The van der Waals surface area contributed by atoms with Gasteiger partial charge in [0.2, 0.25) is 0 Å². The molecule has 0 aromatic rings. The number of ether oxygens (including phenoxy) is 1. The van der Waals surface area contributed by atoms with Crippen LogP contribution in [0.5, 0.6) is 0 Å². The minimum Gasteiger partial charge on any atom is -0.462 e. The Hall–Kier alpha value is -1.38. The average molecular weight is 179 g/mol. The van der Waals surface area contributed by atoms with Gasteiger partial charge in [0, 0.05) is 11.8 Å². The predicted molar refractivity (Wildman–Crippen MR) is 50.1 cm³/mol. The highest BCUT2D eigenvalue weighted by atomic mass is 16.5. The number of hydrogen-bond acceptors (Lipinski definition) is 3. The molecule has 0 spiro atoms. The number of nitrogens with zero attached hydrogens (tertiary/aromatic N) is 1. The topological polar surface area (TPSA) is 39.2 Å². The van der Waals surface area contributed by atoms with Crippen LogP contribution >= 0.6 is 0 Å². The number of fused-ring (bicyclic) bond motifs is 1. The number of rotatable bonds is 1. The van der Waals surface area contributed by atoms with E-state index in [1.165, 1.54) is 11.3 Å². The second-order valence-corrected chi connectivity index (χ2v) is 3.76. The van der Waals surface area contributed by atoms with Crippen LogP contribution < -0.4 is 0 Å². The van der Waals surface area contributed by atoms with Crippen molar-refractivity contribution in [1.82, 2.24) is 4.98 Å². The fraction of sp³-hybridized carbons (Fsp3) is 0.400. The van der Waals surface area contributed by atoms with Crippen molar-refractivity contribution >= 4 is 6.47 Å². The molecule has 1 heterocycles. The Morgan fingerprint density at radius 3 is 2.00 bits per heavy atom. The first kappa shape index (κ1) is 9.71. The van der Waals surface area contributed by atoms with Gasteiger partial charge in [0.25, 0.3) is 6.47 Å². The van der Waals surface area contributed by atoms with E-state index in [0.29, 0.717) is 6.47 Å². The van der Waals surface area contributed by atoms with Gasteiger partial charge in [-0.2, -0.15) is 0 Å². The number of carbonyl (C=O) groups excluding carboxylic acids is 1. The number of pyridine rings is 1. The Morgan fingerprint density at radius 1 is 1.38 bits per heavy atom. The molecule has 3 nitrogen and oxygen atoms in total. The molecule has 0 saturated heterocycles. The Kier molecular flexibility index (Phi) is 2.66. The maximum Gasteiger partial charge on any atom is 0.293 e. The molecule has 0 N–H and O–H groups in total. The van der Waals surface area contributed by atoms with E-state index in [1.54, 1.807) is 0 Å². The number of hydrogen-bond donors (Lipinski definition) is 0. The SMILES string of the molecule is CC(C)(C)OC=O.c1cc2ncc1-2. The van der Waals surface area contributed by atoms with E-state index >= 15 is 0 Å². The standard InChI is InChI=1S/C5H3N.C5H10O2/c1-2-5-4(1)3-6-5;1-5(2,3)7-4-6/h1-3H;4H,1-3H3. The molecular weight excluding hydrogens is 166 g/mol. The maximum atomic E-state index is 9.60. The molecule has 0 aromatic carbocycles. The third kappa shape index (κ3) is 2.86. The lowest BCUT2D eigenvalue weighted by Crippen LogP contribution is -2.17. The van der Waals surface area contributed by atoms with E-state index in [2.05, 4.69) is 15.8 Å². The van der Waals surface area contributed by atoms with Gasteiger partial charge in [0.05, 0.1) is 5.69 Å². The highest BCUT2D eigenvalue weighted by Gasteiger charge is 2.07. The van der Waals surface area contributed by atoms with Crippen LogP contribution in [0.2, 0.25) is 0 Å². The van der Waals surface area contributed by atoms with Gasteiger partial charge in [-0.25, -0.2) is 0 Å². The molecule has 13 heavy (non-hydrogen) atoms. The van der Waals surface area contributed by atoms with Gasteiger partial charge in [0.1, 0.15) is 5.60 Å². The van der Waals surface area contributed by atoms with Crippen molar-refractivity contribution in [2.75, 3.05) is 0 Å². The maximum absolute atomic E-state index is 9.60. The molecule has 1 aliphatic heterocycles. The third-order valence-electron chi connectivity index (χ3n) is 1.46. The summed E-state index contributed by atoms with van der Waals surface area (Å²) >= 11 is 0. The van der Waals surface area contributed by atoms with Crippen molar-refractivity contribution in [1.29, 1.82) is 0 Å². The van der Waals surface area contributed by atoms with Crippen molar-refractivity contribution in [2.45, 2.75) is 26.4 Å². The molecule has 3 heteroatoms. The van der Waals surface area contributed by atoms with E-state index in [4.69, 9.17) is 0 Å². The molecule has 2 aliphatic rings. The van der Waals surface area contributed by atoms with E-state index < -0.39 is 0 Å². The molecule has 0 saturated carbocycles. The van der Waals surface area contributed by atoms with Crippen LogP contribution in [0.25, 0.3) is 11.3 Å². The van der Waals surface area contributed by atoms with Gasteiger partial charge in [-0.05, 0) is 32.9 Å². The monoisotopic (exact) mass is 179 g/mol. The zero-order valence-electron chi connectivity index (χ0n) is 8.07. The Bertz CT molecular complexity index is 264. The van der Waals surface area contributed by atoms with Crippen molar-refractivity contribution in [2.24, 2.45) is 0 Å². The fourth-order valence-corrected chi connectivity index (χ4v) is 0.698. The summed E-state index contributed by atoms with van der Waals surface area (Å²) in [6.45, 7) is 5.92.